The van der Waals surface area contributed by atoms with E-state index in [0.717, 1.165) is 29.7 Å². The van der Waals surface area contributed by atoms with Crippen LogP contribution in [0.25, 0.3) is 0 Å². The number of halogens is 1. The van der Waals surface area contributed by atoms with Gasteiger partial charge in [-0.15, -0.1) is 5.10 Å². The van der Waals surface area contributed by atoms with Gasteiger partial charge in [0.1, 0.15) is 0 Å². The average Bonchev–Trinajstić information content (AvgIpc) is 2.84. The van der Waals surface area contributed by atoms with Gasteiger partial charge in [0.2, 0.25) is 0 Å². The number of aryl methyl sites for hydroxylation is 1. The molecule has 1 unspecified atom stereocenters. The van der Waals surface area contributed by atoms with Crippen molar-refractivity contribution in [1.29, 1.82) is 0 Å². The molecule has 102 valence electrons. The summed E-state index contributed by atoms with van der Waals surface area (Å²) in [5.41, 5.74) is 2.33. The molecular weight excluding hydrogens is 304 g/mol. The topological polar surface area (TPSA) is 42.7 Å². The second-order valence-electron chi connectivity index (χ2n) is 4.43. The zero-order valence-electron chi connectivity index (χ0n) is 11.3. The zero-order chi connectivity index (χ0) is 13.7. The van der Waals surface area contributed by atoms with Gasteiger partial charge in [-0.1, -0.05) is 47.1 Å². The van der Waals surface area contributed by atoms with Gasteiger partial charge in [-0.2, -0.15) is 0 Å². The predicted molar refractivity (Wildman–Crippen MR) is 80.0 cm³/mol. The maximum absolute atomic E-state index is 4.17. The minimum atomic E-state index is 0.129. The lowest BCUT2D eigenvalue weighted by atomic mass is 10.0. The van der Waals surface area contributed by atoms with Crippen LogP contribution in [-0.4, -0.2) is 21.5 Å². The molecule has 1 N–H and O–H groups in total. The Morgan fingerprint density at radius 1 is 1.37 bits per heavy atom. The molecule has 19 heavy (non-hydrogen) atoms. The number of nitrogens with one attached hydrogen (secondary N) is 1. The lowest BCUT2D eigenvalue weighted by Crippen LogP contribution is -2.25. The number of aromatic nitrogens is 3. The second-order valence-corrected chi connectivity index (χ2v) is 5.34. The summed E-state index contributed by atoms with van der Waals surface area (Å²) in [5, 5.41) is 11.7. The van der Waals surface area contributed by atoms with Crippen LogP contribution in [-0.2, 0) is 6.54 Å². The van der Waals surface area contributed by atoms with Crippen LogP contribution < -0.4 is 5.32 Å². The Hall–Kier alpha value is -1.20. The van der Waals surface area contributed by atoms with Gasteiger partial charge in [0, 0.05) is 11.0 Å². The molecule has 0 aliphatic rings. The van der Waals surface area contributed by atoms with E-state index in [0.29, 0.717) is 0 Å². The first kappa shape index (κ1) is 14.2. The zero-order valence-corrected chi connectivity index (χ0v) is 12.9. The summed E-state index contributed by atoms with van der Waals surface area (Å²) in [5.74, 6) is 0. The fourth-order valence-corrected chi connectivity index (χ4v) is 2.58. The van der Waals surface area contributed by atoms with E-state index >= 15 is 0 Å². The largest absolute Gasteiger partial charge is 0.305 e. The minimum absolute atomic E-state index is 0.129. The van der Waals surface area contributed by atoms with Gasteiger partial charge in [0.15, 0.2) is 0 Å². The molecule has 0 aliphatic carbocycles. The molecule has 0 bridgehead atoms. The van der Waals surface area contributed by atoms with E-state index in [4.69, 9.17) is 0 Å². The Morgan fingerprint density at radius 2 is 2.21 bits per heavy atom. The first-order chi connectivity index (χ1) is 9.26. The van der Waals surface area contributed by atoms with Crippen molar-refractivity contribution in [2.45, 2.75) is 32.9 Å². The van der Waals surface area contributed by atoms with Crippen LogP contribution in [0.2, 0.25) is 0 Å². The third-order valence-corrected chi connectivity index (χ3v) is 3.46. The Bertz CT molecular complexity index is 524. The van der Waals surface area contributed by atoms with E-state index in [-0.39, 0.29) is 6.04 Å². The van der Waals surface area contributed by atoms with Crippen molar-refractivity contribution in [1.82, 2.24) is 20.3 Å². The van der Waals surface area contributed by atoms with E-state index in [1.165, 1.54) is 5.56 Å². The van der Waals surface area contributed by atoms with E-state index in [9.17, 15) is 0 Å². The fourth-order valence-electron chi connectivity index (χ4n) is 2.16. The van der Waals surface area contributed by atoms with Crippen LogP contribution in [0.1, 0.15) is 37.6 Å². The highest BCUT2D eigenvalue weighted by molar-refractivity contribution is 9.10. The summed E-state index contributed by atoms with van der Waals surface area (Å²) in [6, 6.07) is 8.48. The first-order valence-electron chi connectivity index (χ1n) is 6.63. The first-order valence-corrected chi connectivity index (χ1v) is 7.42. The summed E-state index contributed by atoms with van der Waals surface area (Å²) in [7, 11) is 0. The highest BCUT2D eigenvalue weighted by Crippen LogP contribution is 2.24. The van der Waals surface area contributed by atoms with Crippen LogP contribution >= 0.6 is 15.9 Å². The molecule has 0 saturated heterocycles. The van der Waals surface area contributed by atoms with Crippen LogP contribution in [0.4, 0.5) is 0 Å². The Labute approximate surface area is 122 Å². The van der Waals surface area contributed by atoms with E-state index in [1.807, 2.05) is 16.9 Å². The number of hydrogen-bond donors (Lipinski definition) is 1. The second kappa shape index (κ2) is 6.82. The van der Waals surface area contributed by atoms with Gasteiger partial charge in [0.05, 0.1) is 17.9 Å². The van der Waals surface area contributed by atoms with Crippen LogP contribution in [0.3, 0.4) is 0 Å². The highest BCUT2D eigenvalue weighted by Gasteiger charge is 2.18. The lowest BCUT2D eigenvalue weighted by molar-refractivity contribution is 0.511. The number of benzene rings is 1. The maximum atomic E-state index is 4.17. The average molecular weight is 323 g/mol. The van der Waals surface area contributed by atoms with Crippen molar-refractivity contribution in [3.8, 4) is 0 Å². The predicted octanol–water partition coefficient (Wildman–Crippen LogP) is 3.15. The van der Waals surface area contributed by atoms with Crippen molar-refractivity contribution in [3.05, 3.63) is 46.2 Å². The molecule has 1 atom stereocenters. The lowest BCUT2D eigenvalue weighted by Gasteiger charge is -2.19. The molecule has 0 fully saturated rings. The van der Waals surface area contributed by atoms with E-state index in [1.54, 1.807) is 0 Å². The van der Waals surface area contributed by atoms with Gasteiger partial charge in [-0.25, -0.2) is 4.68 Å². The summed E-state index contributed by atoms with van der Waals surface area (Å²) >= 11 is 3.53. The van der Waals surface area contributed by atoms with Gasteiger partial charge < -0.3 is 5.32 Å². The maximum Gasteiger partial charge on any atom is 0.0802 e. The summed E-state index contributed by atoms with van der Waals surface area (Å²) < 4.78 is 3.07. The summed E-state index contributed by atoms with van der Waals surface area (Å²) in [4.78, 5) is 0. The van der Waals surface area contributed by atoms with Crippen molar-refractivity contribution < 1.29 is 0 Å². The molecule has 1 aromatic heterocycles. The Balaban J connectivity index is 2.36. The van der Waals surface area contributed by atoms with Gasteiger partial charge >= 0.3 is 0 Å². The third kappa shape index (κ3) is 3.42. The van der Waals surface area contributed by atoms with Crippen LogP contribution in [0, 0.1) is 0 Å². The number of hydrogen-bond acceptors (Lipinski definition) is 3. The molecule has 0 radical (unpaired) electrons. The number of rotatable bonds is 6. The SMILES string of the molecule is CCCn1nncc1C(NCC)c1cccc(Br)c1. The van der Waals surface area contributed by atoms with Gasteiger partial charge in [-0.05, 0) is 30.7 Å². The molecule has 5 heteroatoms. The molecule has 2 aromatic rings. The monoisotopic (exact) mass is 322 g/mol. The van der Waals surface area contributed by atoms with Crippen LogP contribution in [0.15, 0.2) is 34.9 Å². The smallest absolute Gasteiger partial charge is 0.0802 e. The molecule has 2 rings (SSSR count). The molecule has 0 amide bonds. The van der Waals surface area contributed by atoms with Crippen molar-refractivity contribution in [2.75, 3.05) is 6.54 Å². The van der Waals surface area contributed by atoms with Gasteiger partial charge in [-0.3, -0.25) is 0 Å². The number of nitrogens with zero attached hydrogens (tertiary/aromatic N) is 3. The van der Waals surface area contributed by atoms with Crippen LogP contribution in [0.5, 0.6) is 0 Å². The third-order valence-electron chi connectivity index (χ3n) is 2.97. The Morgan fingerprint density at radius 3 is 2.89 bits per heavy atom. The Kier molecular flexibility index (Phi) is 5.10. The van der Waals surface area contributed by atoms with E-state index < -0.39 is 0 Å². The molecule has 0 aliphatic heterocycles. The highest BCUT2D eigenvalue weighted by atomic mass is 79.9. The van der Waals surface area contributed by atoms with E-state index in [2.05, 4.69) is 63.6 Å². The molecule has 4 nitrogen and oxygen atoms in total. The summed E-state index contributed by atoms with van der Waals surface area (Å²) in [6.45, 7) is 6.05. The standard InChI is InChI=1S/C14H19BrN4/c1-3-8-19-13(10-17-18-19)14(16-4-2)11-6-5-7-12(15)9-11/h5-7,9-10,14,16H,3-4,8H2,1-2H3. The van der Waals surface area contributed by atoms with Gasteiger partial charge in [0.25, 0.3) is 0 Å². The molecule has 1 heterocycles. The quantitative estimate of drug-likeness (QED) is 0.888. The fraction of sp³-hybridized carbons (Fsp3) is 0.429. The normalized spacial score (nSPS) is 12.6. The molecular formula is C14H19BrN4. The van der Waals surface area contributed by atoms with Crippen molar-refractivity contribution >= 4 is 15.9 Å². The molecule has 1 aromatic carbocycles. The van der Waals surface area contributed by atoms with Crippen molar-refractivity contribution in [3.63, 3.8) is 0 Å². The minimum Gasteiger partial charge on any atom is -0.305 e. The van der Waals surface area contributed by atoms with Crippen molar-refractivity contribution in [2.24, 2.45) is 0 Å². The molecule has 0 spiro atoms. The molecule has 0 saturated carbocycles. The summed E-state index contributed by atoms with van der Waals surface area (Å²) in [6.07, 6.45) is 2.90.